The Balaban J connectivity index is 2.42. The minimum atomic E-state index is 0.598. The number of benzene rings is 1. The summed E-state index contributed by atoms with van der Waals surface area (Å²) < 4.78 is 6.96. The van der Waals surface area contributed by atoms with Crippen LogP contribution in [0.2, 0.25) is 0 Å². The maximum atomic E-state index is 6.19. The number of aryl methyl sites for hydroxylation is 1. The van der Waals surface area contributed by atoms with Crippen molar-refractivity contribution in [2.45, 2.75) is 26.7 Å². The van der Waals surface area contributed by atoms with Gasteiger partial charge in [0.05, 0.1) is 12.8 Å². The second-order valence-electron chi connectivity index (χ2n) is 5.28. The van der Waals surface area contributed by atoms with Crippen molar-refractivity contribution >= 4 is 5.82 Å². The molecule has 0 aliphatic carbocycles. The first-order chi connectivity index (χ1) is 9.56. The second-order valence-corrected chi connectivity index (χ2v) is 5.28. The molecule has 1 heterocycles. The number of aromatic nitrogens is 2. The highest BCUT2D eigenvalue weighted by atomic mass is 16.5. The Morgan fingerprint density at radius 3 is 2.50 bits per heavy atom. The number of nitrogens with zero attached hydrogens (tertiary/aromatic N) is 2. The molecule has 20 heavy (non-hydrogen) atoms. The molecule has 4 nitrogen and oxygen atoms in total. The number of hydrogen-bond donors (Lipinski definition) is 1. The van der Waals surface area contributed by atoms with Crippen LogP contribution in [-0.2, 0) is 13.5 Å². The summed E-state index contributed by atoms with van der Waals surface area (Å²) in [4.78, 5) is 0. The lowest BCUT2D eigenvalue weighted by Crippen LogP contribution is -2.00. The second kappa shape index (κ2) is 5.99. The summed E-state index contributed by atoms with van der Waals surface area (Å²) in [5, 5.41) is 4.58. The van der Waals surface area contributed by atoms with E-state index in [0.717, 1.165) is 35.4 Å². The minimum absolute atomic E-state index is 0.598. The highest BCUT2D eigenvalue weighted by molar-refractivity contribution is 5.77. The molecular formula is C16H23N3O. The van der Waals surface area contributed by atoms with E-state index in [1.807, 2.05) is 31.3 Å². The van der Waals surface area contributed by atoms with Crippen molar-refractivity contribution in [3.63, 3.8) is 0 Å². The van der Waals surface area contributed by atoms with Gasteiger partial charge in [-0.1, -0.05) is 32.4 Å². The van der Waals surface area contributed by atoms with Crippen LogP contribution in [-0.4, -0.2) is 16.9 Å². The van der Waals surface area contributed by atoms with Gasteiger partial charge in [-0.15, -0.1) is 0 Å². The van der Waals surface area contributed by atoms with Crippen LogP contribution in [0.4, 0.5) is 5.82 Å². The van der Waals surface area contributed by atoms with E-state index >= 15 is 0 Å². The van der Waals surface area contributed by atoms with Gasteiger partial charge in [0.25, 0.3) is 0 Å². The quantitative estimate of drug-likeness (QED) is 0.909. The Kier molecular flexibility index (Phi) is 4.32. The molecule has 0 radical (unpaired) electrons. The van der Waals surface area contributed by atoms with Gasteiger partial charge in [-0.25, -0.2) is 0 Å². The lowest BCUT2D eigenvalue weighted by molar-refractivity contribution is 0.415. The molecule has 2 rings (SSSR count). The van der Waals surface area contributed by atoms with Crippen LogP contribution in [0.1, 0.15) is 26.0 Å². The number of nitrogens with two attached hydrogens (primary N) is 1. The van der Waals surface area contributed by atoms with E-state index < -0.39 is 0 Å². The molecule has 0 bridgehead atoms. The maximum Gasteiger partial charge on any atom is 0.129 e. The summed E-state index contributed by atoms with van der Waals surface area (Å²) in [6.45, 7) is 4.44. The number of anilines is 1. The van der Waals surface area contributed by atoms with Crippen LogP contribution in [0.3, 0.4) is 0 Å². The lowest BCUT2D eigenvalue weighted by Gasteiger charge is -2.09. The highest BCUT2D eigenvalue weighted by Gasteiger charge is 2.17. The Morgan fingerprint density at radius 2 is 1.95 bits per heavy atom. The fourth-order valence-electron chi connectivity index (χ4n) is 2.28. The Morgan fingerprint density at radius 1 is 1.30 bits per heavy atom. The van der Waals surface area contributed by atoms with Gasteiger partial charge in [-0.2, -0.15) is 5.10 Å². The van der Waals surface area contributed by atoms with Gasteiger partial charge < -0.3 is 10.5 Å². The van der Waals surface area contributed by atoms with E-state index in [9.17, 15) is 0 Å². The lowest BCUT2D eigenvalue weighted by atomic mass is 9.97. The maximum absolute atomic E-state index is 6.19. The van der Waals surface area contributed by atoms with Gasteiger partial charge in [0.15, 0.2) is 0 Å². The Labute approximate surface area is 120 Å². The number of rotatable bonds is 5. The fourth-order valence-corrected chi connectivity index (χ4v) is 2.28. The van der Waals surface area contributed by atoms with Crippen molar-refractivity contribution in [1.82, 2.24) is 9.78 Å². The van der Waals surface area contributed by atoms with E-state index in [0.29, 0.717) is 11.7 Å². The molecule has 0 aliphatic rings. The third kappa shape index (κ3) is 2.79. The summed E-state index contributed by atoms with van der Waals surface area (Å²) in [7, 11) is 3.56. The predicted molar refractivity (Wildman–Crippen MR) is 82.8 cm³/mol. The number of hydrogen-bond acceptors (Lipinski definition) is 3. The zero-order valence-corrected chi connectivity index (χ0v) is 12.7. The van der Waals surface area contributed by atoms with Gasteiger partial charge in [-0.05, 0) is 30.0 Å². The molecule has 4 heteroatoms. The summed E-state index contributed by atoms with van der Waals surface area (Å²) in [6.07, 6.45) is 2.08. The predicted octanol–water partition coefficient (Wildman–Crippen LogP) is 3.27. The standard InChI is InChI=1S/C16H23N3O/c1-5-11(2)10-14-15(16(17)19(3)18-14)12-6-8-13(20-4)9-7-12/h6-9,11H,5,10,17H2,1-4H3. The average molecular weight is 273 g/mol. The first-order valence-electron chi connectivity index (χ1n) is 7.02. The molecule has 0 saturated heterocycles. The van der Waals surface area contributed by atoms with Crippen LogP contribution in [0.25, 0.3) is 11.1 Å². The summed E-state index contributed by atoms with van der Waals surface area (Å²) in [5.74, 6) is 2.16. The molecule has 1 aromatic heterocycles. The largest absolute Gasteiger partial charge is 0.497 e. The van der Waals surface area contributed by atoms with Crippen molar-refractivity contribution in [1.29, 1.82) is 0 Å². The molecule has 0 aliphatic heterocycles. The summed E-state index contributed by atoms with van der Waals surface area (Å²) in [6, 6.07) is 7.97. The number of ether oxygens (including phenoxy) is 1. The van der Waals surface area contributed by atoms with Crippen molar-refractivity contribution in [2.24, 2.45) is 13.0 Å². The monoisotopic (exact) mass is 273 g/mol. The normalized spacial score (nSPS) is 12.4. The smallest absolute Gasteiger partial charge is 0.129 e. The number of methoxy groups -OCH3 is 1. The van der Waals surface area contributed by atoms with E-state index in [-0.39, 0.29) is 0 Å². The van der Waals surface area contributed by atoms with Gasteiger partial charge in [0, 0.05) is 12.6 Å². The Bertz CT molecular complexity index is 572. The van der Waals surface area contributed by atoms with Gasteiger partial charge in [0.2, 0.25) is 0 Å². The van der Waals surface area contributed by atoms with Crippen LogP contribution in [0, 0.1) is 5.92 Å². The molecule has 0 spiro atoms. The molecule has 1 aromatic carbocycles. The third-order valence-corrected chi connectivity index (χ3v) is 3.78. The van der Waals surface area contributed by atoms with Crippen molar-refractivity contribution < 1.29 is 4.74 Å². The first kappa shape index (κ1) is 14.4. The molecule has 2 N–H and O–H groups in total. The molecule has 1 unspecified atom stereocenters. The average Bonchev–Trinajstić information content (AvgIpc) is 2.74. The topological polar surface area (TPSA) is 53.1 Å². The van der Waals surface area contributed by atoms with Crippen molar-refractivity contribution in [3.8, 4) is 16.9 Å². The third-order valence-electron chi connectivity index (χ3n) is 3.78. The van der Waals surface area contributed by atoms with Gasteiger partial charge in [-0.3, -0.25) is 4.68 Å². The molecule has 1 atom stereocenters. The zero-order valence-electron chi connectivity index (χ0n) is 12.7. The van der Waals surface area contributed by atoms with Gasteiger partial charge >= 0.3 is 0 Å². The molecule has 2 aromatic rings. The zero-order chi connectivity index (χ0) is 14.7. The summed E-state index contributed by atoms with van der Waals surface area (Å²) >= 11 is 0. The summed E-state index contributed by atoms with van der Waals surface area (Å²) in [5.41, 5.74) is 9.41. The molecule has 0 amide bonds. The highest BCUT2D eigenvalue weighted by Crippen LogP contribution is 2.32. The number of nitrogen functional groups attached to an aromatic ring is 1. The SMILES string of the molecule is CCC(C)Cc1nn(C)c(N)c1-c1ccc(OC)cc1. The molecule has 0 fully saturated rings. The Hall–Kier alpha value is -1.97. The fraction of sp³-hybridized carbons (Fsp3) is 0.438. The van der Waals surface area contributed by atoms with Crippen LogP contribution in [0.5, 0.6) is 5.75 Å². The van der Waals surface area contributed by atoms with Crippen LogP contribution in [0.15, 0.2) is 24.3 Å². The van der Waals surface area contributed by atoms with Crippen LogP contribution >= 0.6 is 0 Å². The van der Waals surface area contributed by atoms with Gasteiger partial charge in [0.1, 0.15) is 11.6 Å². The van der Waals surface area contributed by atoms with E-state index in [4.69, 9.17) is 10.5 Å². The van der Waals surface area contributed by atoms with Crippen LogP contribution < -0.4 is 10.5 Å². The van der Waals surface area contributed by atoms with Crippen molar-refractivity contribution in [2.75, 3.05) is 12.8 Å². The molecule has 108 valence electrons. The van der Waals surface area contributed by atoms with E-state index in [1.165, 1.54) is 0 Å². The molecule has 0 saturated carbocycles. The van der Waals surface area contributed by atoms with Crippen molar-refractivity contribution in [3.05, 3.63) is 30.0 Å². The minimum Gasteiger partial charge on any atom is -0.497 e. The van der Waals surface area contributed by atoms with E-state index in [2.05, 4.69) is 18.9 Å². The first-order valence-corrected chi connectivity index (χ1v) is 7.02. The molecular weight excluding hydrogens is 250 g/mol. The van der Waals surface area contributed by atoms with E-state index in [1.54, 1.807) is 11.8 Å².